The topological polar surface area (TPSA) is 93.0 Å². The van der Waals surface area contributed by atoms with Crippen molar-refractivity contribution in [2.24, 2.45) is 0 Å². The molecule has 0 spiro atoms. The van der Waals surface area contributed by atoms with Gasteiger partial charge in [0.15, 0.2) is 5.11 Å². The third-order valence-corrected chi connectivity index (χ3v) is 2.58. The van der Waals surface area contributed by atoms with Crippen molar-refractivity contribution in [2.45, 2.75) is 6.42 Å². The zero-order valence-corrected chi connectivity index (χ0v) is 8.88. The average Bonchev–Trinajstić information content (AvgIpc) is 2.00. The van der Waals surface area contributed by atoms with Crippen LogP contribution < -0.4 is 5.32 Å². The number of nitrogens with one attached hydrogen (secondary N) is 1. The van der Waals surface area contributed by atoms with Gasteiger partial charge < -0.3 is 15.1 Å². The van der Waals surface area contributed by atoms with Crippen LogP contribution in [0.4, 0.5) is 0 Å². The first-order valence-electron chi connectivity index (χ1n) is 3.59. The second kappa shape index (κ2) is 5.51. The zero-order valence-electron chi connectivity index (χ0n) is 7.17. The Kier molecular flexibility index (Phi) is 5.43. The predicted octanol–water partition coefficient (Wildman–Crippen LogP) is -0.250. The highest BCUT2D eigenvalue weighted by molar-refractivity contribution is 7.80. The molecule has 0 heterocycles. The summed E-state index contributed by atoms with van der Waals surface area (Å²) in [7, 11) is -2.41. The van der Waals surface area contributed by atoms with Gasteiger partial charge in [-0.2, -0.15) is 0 Å². The third kappa shape index (κ3) is 6.92. The highest BCUT2D eigenvalue weighted by Gasteiger charge is 2.13. The lowest BCUT2D eigenvalue weighted by atomic mass is 10.5. The molecular formula is C5H13N2O4PS. The minimum Gasteiger partial charge on any atom is -0.364 e. The first kappa shape index (κ1) is 12.8. The van der Waals surface area contributed by atoms with Crippen molar-refractivity contribution in [1.29, 1.82) is 0 Å². The maximum Gasteiger partial charge on any atom is 0.325 e. The molecule has 0 aliphatic rings. The van der Waals surface area contributed by atoms with E-state index in [2.05, 4.69) is 17.5 Å². The molecule has 0 fully saturated rings. The van der Waals surface area contributed by atoms with Crippen LogP contribution in [0, 0.1) is 0 Å². The van der Waals surface area contributed by atoms with Crippen molar-refractivity contribution in [3.05, 3.63) is 0 Å². The van der Waals surface area contributed by atoms with E-state index in [0.717, 1.165) is 5.06 Å². The molecule has 13 heavy (non-hydrogen) atoms. The van der Waals surface area contributed by atoms with E-state index in [1.165, 1.54) is 0 Å². The Labute approximate surface area is 81.7 Å². The standard InChI is InChI=1S/C5H13N2O4PS/c1-6-5(13)7(8)3-2-4-12(9,10)11/h8H,2-4H2,1H3,(H,6,13)(H2,9,10,11). The Hall–Kier alpha value is -0.200. The van der Waals surface area contributed by atoms with Crippen molar-refractivity contribution >= 4 is 24.9 Å². The van der Waals surface area contributed by atoms with Crippen LogP contribution in [-0.2, 0) is 4.57 Å². The summed E-state index contributed by atoms with van der Waals surface area (Å²) in [5.74, 6) is 0. The number of thiocarbonyl (C=S) groups is 1. The average molecular weight is 228 g/mol. The molecule has 0 atom stereocenters. The van der Waals surface area contributed by atoms with Crippen molar-refractivity contribution < 1.29 is 19.6 Å². The normalized spacial score (nSPS) is 11.1. The summed E-state index contributed by atoms with van der Waals surface area (Å²) in [5.41, 5.74) is 0. The lowest BCUT2D eigenvalue weighted by Gasteiger charge is -2.16. The Morgan fingerprint density at radius 1 is 1.62 bits per heavy atom. The fraction of sp³-hybridized carbons (Fsp3) is 0.800. The Morgan fingerprint density at radius 3 is 2.54 bits per heavy atom. The Bertz CT molecular complexity index is 219. The number of nitrogens with zero attached hydrogens (tertiary/aromatic N) is 1. The van der Waals surface area contributed by atoms with Gasteiger partial charge in [0.1, 0.15) is 0 Å². The number of rotatable bonds is 4. The molecule has 0 saturated carbocycles. The smallest absolute Gasteiger partial charge is 0.325 e. The van der Waals surface area contributed by atoms with Crippen molar-refractivity contribution in [3.8, 4) is 0 Å². The second-order valence-corrected chi connectivity index (χ2v) is 4.58. The van der Waals surface area contributed by atoms with Gasteiger partial charge in [0.05, 0.1) is 6.16 Å². The molecule has 0 aliphatic heterocycles. The van der Waals surface area contributed by atoms with E-state index in [1.54, 1.807) is 7.05 Å². The van der Waals surface area contributed by atoms with Gasteiger partial charge in [-0.25, -0.2) is 5.06 Å². The van der Waals surface area contributed by atoms with Gasteiger partial charge in [-0.3, -0.25) is 9.77 Å². The van der Waals surface area contributed by atoms with Gasteiger partial charge in [-0.15, -0.1) is 0 Å². The molecule has 0 bridgehead atoms. The van der Waals surface area contributed by atoms with E-state index in [1.807, 2.05) is 0 Å². The van der Waals surface area contributed by atoms with Crippen LogP contribution in [0.5, 0.6) is 0 Å². The molecule has 0 unspecified atom stereocenters. The molecule has 4 N–H and O–H groups in total. The molecule has 0 aliphatic carbocycles. The van der Waals surface area contributed by atoms with Gasteiger partial charge in [0.2, 0.25) is 0 Å². The van der Waals surface area contributed by atoms with E-state index >= 15 is 0 Å². The number of hydroxylamine groups is 2. The molecule has 0 aromatic rings. The van der Waals surface area contributed by atoms with Crippen LogP contribution in [0.1, 0.15) is 6.42 Å². The molecule has 0 saturated heterocycles. The highest BCUT2D eigenvalue weighted by Crippen LogP contribution is 2.34. The highest BCUT2D eigenvalue weighted by atomic mass is 32.1. The summed E-state index contributed by atoms with van der Waals surface area (Å²) >= 11 is 4.66. The molecular weight excluding hydrogens is 215 g/mol. The molecule has 0 aromatic carbocycles. The zero-order chi connectivity index (χ0) is 10.5. The quantitative estimate of drug-likeness (QED) is 0.299. The first-order chi connectivity index (χ1) is 5.87. The molecule has 8 heteroatoms. The number of hydrogen-bond acceptors (Lipinski definition) is 3. The summed E-state index contributed by atoms with van der Waals surface area (Å²) in [6, 6.07) is 0. The third-order valence-electron chi connectivity index (χ3n) is 1.27. The molecule has 0 amide bonds. The van der Waals surface area contributed by atoms with Crippen LogP contribution in [0.15, 0.2) is 0 Å². The Morgan fingerprint density at radius 2 is 2.15 bits per heavy atom. The monoisotopic (exact) mass is 228 g/mol. The summed E-state index contributed by atoms with van der Waals surface area (Å²) in [4.78, 5) is 17.0. The minimum atomic E-state index is -3.96. The lowest BCUT2D eigenvalue weighted by Crippen LogP contribution is -2.36. The van der Waals surface area contributed by atoms with Gasteiger partial charge >= 0.3 is 7.60 Å². The van der Waals surface area contributed by atoms with Crippen molar-refractivity contribution in [2.75, 3.05) is 19.8 Å². The van der Waals surface area contributed by atoms with E-state index in [0.29, 0.717) is 0 Å². The molecule has 0 radical (unpaired) electrons. The molecule has 0 aromatic heterocycles. The van der Waals surface area contributed by atoms with E-state index < -0.39 is 7.60 Å². The van der Waals surface area contributed by atoms with Crippen LogP contribution in [0.2, 0.25) is 0 Å². The van der Waals surface area contributed by atoms with Crippen LogP contribution >= 0.6 is 19.8 Å². The van der Waals surface area contributed by atoms with Crippen molar-refractivity contribution in [3.63, 3.8) is 0 Å². The van der Waals surface area contributed by atoms with Crippen LogP contribution in [-0.4, -0.2) is 44.9 Å². The van der Waals surface area contributed by atoms with E-state index in [4.69, 9.17) is 15.0 Å². The van der Waals surface area contributed by atoms with E-state index in [-0.39, 0.29) is 24.2 Å². The summed E-state index contributed by atoms with van der Waals surface area (Å²) in [5, 5.41) is 12.5. The van der Waals surface area contributed by atoms with Crippen LogP contribution in [0.25, 0.3) is 0 Å². The van der Waals surface area contributed by atoms with Gasteiger partial charge in [-0.05, 0) is 18.6 Å². The largest absolute Gasteiger partial charge is 0.364 e. The predicted molar refractivity (Wildman–Crippen MR) is 51.7 cm³/mol. The summed E-state index contributed by atoms with van der Waals surface area (Å²) in [6.07, 6.45) is -0.0705. The molecule has 78 valence electrons. The van der Waals surface area contributed by atoms with Gasteiger partial charge in [0.25, 0.3) is 0 Å². The fourth-order valence-electron chi connectivity index (χ4n) is 0.657. The molecule has 6 nitrogen and oxygen atoms in total. The van der Waals surface area contributed by atoms with Crippen LogP contribution in [0.3, 0.4) is 0 Å². The number of hydrogen-bond donors (Lipinski definition) is 4. The maximum atomic E-state index is 10.4. The first-order valence-corrected chi connectivity index (χ1v) is 5.80. The van der Waals surface area contributed by atoms with Gasteiger partial charge in [-0.1, -0.05) is 0 Å². The minimum absolute atomic E-state index is 0.102. The fourth-order valence-corrected chi connectivity index (χ4v) is 1.30. The Balaban J connectivity index is 3.66. The van der Waals surface area contributed by atoms with Crippen molar-refractivity contribution in [1.82, 2.24) is 10.4 Å². The SMILES string of the molecule is CNC(=S)N(O)CCCP(=O)(O)O. The lowest BCUT2D eigenvalue weighted by molar-refractivity contribution is -0.0146. The second-order valence-electron chi connectivity index (χ2n) is 2.42. The molecule has 0 rings (SSSR count). The van der Waals surface area contributed by atoms with E-state index in [9.17, 15) is 4.57 Å². The maximum absolute atomic E-state index is 10.4. The summed E-state index contributed by atoms with van der Waals surface area (Å²) < 4.78 is 10.4. The van der Waals surface area contributed by atoms with Gasteiger partial charge in [0, 0.05) is 13.6 Å². The summed E-state index contributed by atoms with van der Waals surface area (Å²) in [6.45, 7) is 0.102.